The highest BCUT2D eigenvalue weighted by atomic mass is 32.2. The van der Waals surface area contributed by atoms with E-state index in [0.29, 0.717) is 17.2 Å². The Morgan fingerprint density at radius 2 is 1.92 bits per heavy atom. The Kier molecular flexibility index (Phi) is 5.42. The summed E-state index contributed by atoms with van der Waals surface area (Å²) in [6.07, 6.45) is 0. The van der Waals surface area contributed by atoms with Gasteiger partial charge in [-0.3, -0.25) is 0 Å². The van der Waals surface area contributed by atoms with Gasteiger partial charge in [-0.1, -0.05) is 59.5 Å². The molecule has 3 nitrogen and oxygen atoms in total. The van der Waals surface area contributed by atoms with Gasteiger partial charge in [-0.25, -0.2) is 8.78 Å². The topological polar surface area (TPSA) is 37.8 Å². The van der Waals surface area contributed by atoms with Crippen molar-refractivity contribution < 1.29 is 8.78 Å². The number of aromatic nitrogens is 2. The van der Waals surface area contributed by atoms with Crippen LogP contribution >= 0.6 is 23.1 Å². The predicted octanol–water partition coefficient (Wildman–Crippen LogP) is 5.28. The fraction of sp³-hybridized carbons (Fsp3) is 0.176. The van der Waals surface area contributed by atoms with E-state index in [9.17, 15) is 8.78 Å². The van der Waals surface area contributed by atoms with Gasteiger partial charge in [0.2, 0.25) is 5.13 Å². The standard InChI is InChI=1S/C17H15F2N3S2/c1-11(14-8-7-13(18)9-15(14)19)23-17-22-21-16(24-17)20-10-12-5-3-2-4-6-12/h2-9,11H,10H2,1H3,(H,20,21). The Labute approximate surface area is 147 Å². The summed E-state index contributed by atoms with van der Waals surface area (Å²) in [4.78, 5) is 0. The normalized spacial score (nSPS) is 12.1. The van der Waals surface area contributed by atoms with Crippen molar-refractivity contribution in [1.29, 1.82) is 0 Å². The molecule has 24 heavy (non-hydrogen) atoms. The van der Waals surface area contributed by atoms with Crippen molar-refractivity contribution in [3.63, 3.8) is 0 Å². The average molecular weight is 363 g/mol. The summed E-state index contributed by atoms with van der Waals surface area (Å²) < 4.78 is 27.5. The largest absolute Gasteiger partial charge is 0.356 e. The highest BCUT2D eigenvalue weighted by Gasteiger charge is 2.15. The Morgan fingerprint density at radius 3 is 2.67 bits per heavy atom. The molecule has 2 aromatic carbocycles. The Balaban J connectivity index is 1.61. The van der Waals surface area contributed by atoms with Crippen molar-refractivity contribution in [1.82, 2.24) is 10.2 Å². The molecule has 0 aliphatic carbocycles. The van der Waals surface area contributed by atoms with E-state index in [1.54, 1.807) is 0 Å². The molecule has 0 saturated carbocycles. The van der Waals surface area contributed by atoms with Crippen molar-refractivity contribution >= 4 is 28.2 Å². The fourth-order valence-corrected chi connectivity index (χ4v) is 4.19. The third-order valence-electron chi connectivity index (χ3n) is 3.37. The molecule has 7 heteroatoms. The molecular weight excluding hydrogens is 348 g/mol. The minimum Gasteiger partial charge on any atom is -0.356 e. The summed E-state index contributed by atoms with van der Waals surface area (Å²) >= 11 is 2.82. The molecular formula is C17H15F2N3S2. The smallest absolute Gasteiger partial charge is 0.206 e. The molecule has 0 saturated heterocycles. The van der Waals surface area contributed by atoms with Crippen LogP contribution in [0.1, 0.15) is 23.3 Å². The number of thioether (sulfide) groups is 1. The number of nitrogens with zero attached hydrogens (tertiary/aromatic N) is 2. The fourth-order valence-electron chi connectivity index (χ4n) is 2.15. The van der Waals surface area contributed by atoms with Crippen LogP contribution in [0, 0.1) is 11.6 Å². The Hall–Kier alpha value is -1.99. The second-order valence-corrected chi connectivity index (χ2v) is 7.70. The first-order chi connectivity index (χ1) is 11.6. The van der Waals surface area contributed by atoms with E-state index in [1.807, 2.05) is 37.3 Å². The van der Waals surface area contributed by atoms with Gasteiger partial charge < -0.3 is 5.32 Å². The second kappa shape index (κ2) is 7.72. The maximum Gasteiger partial charge on any atom is 0.206 e. The first-order valence-electron chi connectivity index (χ1n) is 7.35. The van der Waals surface area contributed by atoms with Gasteiger partial charge in [-0.15, -0.1) is 10.2 Å². The van der Waals surface area contributed by atoms with Crippen LogP contribution in [0.15, 0.2) is 52.9 Å². The van der Waals surface area contributed by atoms with Gasteiger partial charge >= 0.3 is 0 Å². The third-order valence-corrected chi connectivity index (χ3v) is 5.48. The number of nitrogens with one attached hydrogen (secondary N) is 1. The Bertz CT molecular complexity index is 809. The van der Waals surface area contributed by atoms with Crippen LogP contribution in [0.4, 0.5) is 13.9 Å². The quantitative estimate of drug-likeness (QED) is 0.605. The molecule has 1 N–H and O–H groups in total. The van der Waals surface area contributed by atoms with E-state index in [4.69, 9.17) is 0 Å². The van der Waals surface area contributed by atoms with Crippen molar-refractivity contribution in [2.24, 2.45) is 0 Å². The zero-order valence-corrected chi connectivity index (χ0v) is 14.5. The van der Waals surface area contributed by atoms with Gasteiger partial charge in [0, 0.05) is 23.4 Å². The number of halogens is 2. The van der Waals surface area contributed by atoms with Crippen LogP contribution in [-0.2, 0) is 6.54 Å². The maximum atomic E-state index is 13.8. The summed E-state index contributed by atoms with van der Waals surface area (Å²) in [6.45, 7) is 2.53. The Morgan fingerprint density at radius 1 is 1.12 bits per heavy atom. The molecule has 124 valence electrons. The molecule has 0 aliphatic heterocycles. The summed E-state index contributed by atoms with van der Waals surface area (Å²) in [6, 6.07) is 13.6. The lowest BCUT2D eigenvalue weighted by Crippen LogP contribution is -1.98. The number of rotatable bonds is 6. The first kappa shape index (κ1) is 16.9. The SMILES string of the molecule is CC(Sc1nnc(NCc2ccccc2)s1)c1ccc(F)cc1F. The van der Waals surface area contributed by atoms with Crippen LogP contribution in [0.5, 0.6) is 0 Å². The van der Waals surface area contributed by atoms with Crippen molar-refractivity contribution in [2.45, 2.75) is 23.1 Å². The van der Waals surface area contributed by atoms with E-state index in [-0.39, 0.29) is 5.25 Å². The predicted molar refractivity (Wildman–Crippen MR) is 94.3 cm³/mol. The van der Waals surface area contributed by atoms with Crippen molar-refractivity contribution in [3.05, 3.63) is 71.3 Å². The second-order valence-electron chi connectivity index (χ2n) is 5.14. The van der Waals surface area contributed by atoms with Gasteiger partial charge in [-0.2, -0.15) is 0 Å². The van der Waals surface area contributed by atoms with E-state index in [0.717, 1.165) is 16.0 Å². The molecule has 1 heterocycles. The molecule has 0 fully saturated rings. The molecule has 1 unspecified atom stereocenters. The summed E-state index contributed by atoms with van der Waals surface area (Å²) in [5.41, 5.74) is 1.61. The molecule has 0 amide bonds. The summed E-state index contributed by atoms with van der Waals surface area (Å²) in [5.74, 6) is -1.11. The van der Waals surface area contributed by atoms with Gasteiger partial charge in [-0.05, 0) is 18.6 Å². The van der Waals surface area contributed by atoms with Gasteiger partial charge in [0.15, 0.2) is 4.34 Å². The van der Waals surface area contributed by atoms with Crippen LogP contribution in [0.25, 0.3) is 0 Å². The van der Waals surface area contributed by atoms with Crippen molar-refractivity contribution in [2.75, 3.05) is 5.32 Å². The highest BCUT2D eigenvalue weighted by molar-refractivity contribution is 8.01. The van der Waals surface area contributed by atoms with Gasteiger partial charge in [0.05, 0.1) is 0 Å². The summed E-state index contributed by atoms with van der Waals surface area (Å²) in [5, 5.41) is 12.0. The van der Waals surface area contributed by atoms with Crippen LogP contribution in [0.3, 0.4) is 0 Å². The van der Waals surface area contributed by atoms with Crippen LogP contribution < -0.4 is 5.32 Å². The maximum absolute atomic E-state index is 13.8. The van der Waals surface area contributed by atoms with E-state index in [1.165, 1.54) is 35.2 Å². The lowest BCUT2D eigenvalue weighted by molar-refractivity contribution is 0.573. The highest BCUT2D eigenvalue weighted by Crippen LogP contribution is 2.38. The lowest BCUT2D eigenvalue weighted by Gasteiger charge is -2.10. The van der Waals surface area contributed by atoms with E-state index < -0.39 is 11.6 Å². The summed E-state index contributed by atoms with van der Waals surface area (Å²) in [7, 11) is 0. The molecule has 1 aromatic heterocycles. The zero-order chi connectivity index (χ0) is 16.9. The molecule has 0 spiro atoms. The number of benzene rings is 2. The molecule has 1 atom stereocenters. The zero-order valence-electron chi connectivity index (χ0n) is 12.9. The molecule has 3 rings (SSSR count). The first-order valence-corrected chi connectivity index (χ1v) is 9.04. The number of hydrogen-bond donors (Lipinski definition) is 1. The van der Waals surface area contributed by atoms with Crippen molar-refractivity contribution in [3.8, 4) is 0 Å². The third kappa shape index (κ3) is 4.30. The molecule has 3 aromatic rings. The number of hydrogen-bond acceptors (Lipinski definition) is 5. The van der Waals surface area contributed by atoms with E-state index >= 15 is 0 Å². The van der Waals surface area contributed by atoms with Gasteiger partial charge in [0.1, 0.15) is 11.6 Å². The molecule has 0 bridgehead atoms. The molecule has 0 aliphatic rings. The minimum atomic E-state index is -0.572. The van der Waals surface area contributed by atoms with E-state index in [2.05, 4.69) is 15.5 Å². The van der Waals surface area contributed by atoms with Crippen LogP contribution in [-0.4, -0.2) is 10.2 Å². The van der Waals surface area contributed by atoms with Gasteiger partial charge in [0.25, 0.3) is 0 Å². The minimum absolute atomic E-state index is 0.180. The number of anilines is 1. The molecule has 0 radical (unpaired) electrons. The van der Waals surface area contributed by atoms with Crippen LogP contribution in [0.2, 0.25) is 0 Å². The monoisotopic (exact) mass is 363 g/mol. The lowest BCUT2D eigenvalue weighted by atomic mass is 10.1. The average Bonchev–Trinajstić information content (AvgIpc) is 3.01.